The van der Waals surface area contributed by atoms with Crippen LogP contribution in [0.5, 0.6) is 0 Å². The van der Waals surface area contributed by atoms with Gasteiger partial charge in [-0.15, -0.1) is 0 Å². The van der Waals surface area contributed by atoms with Gasteiger partial charge in [-0.25, -0.2) is 0 Å². The van der Waals surface area contributed by atoms with Crippen LogP contribution in [0, 0.1) is 5.92 Å². The van der Waals surface area contributed by atoms with Gasteiger partial charge >= 0.3 is 0 Å². The Morgan fingerprint density at radius 3 is 2.47 bits per heavy atom. The molecular formula is C13H20N2. The zero-order valence-corrected chi connectivity index (χ0v) is 9.83. The van der Waals surface area contributed by atoms with Gasteiger partial charge in [-0.1, -0.05) is 12.1 Å². The highest BCUT2D eigenvalue weighted by atomic mass is 15.1. The topological polar surface area (TPSA) is 15.3 Å². The number of nitrogens with zero attached hydrogens (tertiary/aromatic N) is 1. The lowest BCUT2D eigenvalue weighted by Gasteiger charge is -2.12. The molecule has 2 atom stereocenters. The highest BCUT2D eigenvalue weighted by Crippen LogP contribution is 2.47. The van der Waals surface area contributed by atoms with Crippen LogP contribution in [0.25, 0.3) is 0 Å². The van der Waals surface area contributed by atoms with Gasteiger partial charge in [0.25, 0.3) is 0 Å². The first-order valence-electron chi connectivity index (χ1n) is 5.64. The molecule has 0 amide bonds. The SMILES string of the molecule is CNC[C@@H]1C[C@H]1c1ccc(N(C)C)cc1. The van der Waals surface area contributed by atoms with E-state index in [0.717, 1.165) is 18.4 Å². The minimum absolute atomic E-state index is 0.800. The van der Waals surface area contributed by atoms with Crippen LogP contribution in [0.4, 0.5) is 5.69 Å². The van der Waals surface area contributed by atoms with Crippen molar-refractivity contribution in [2.45, 2.75) is 12.3 Å². The summed E-state index contributed by atoms with van der Waals surface area (Å²) in [6, 6.07) is 8.97. The van der Waals surface area contributed by atoms with E-state index in [2.05, 4.69) is 48.6 Å². The maximum absolute atomic E-state index is 3.25. The maximum Gasteiger partial charge on any atom is 0.0361 e. The smallest absolute Gasteiger partial charge is 0.0361 e. The van der Waals surface area contributed by atoms with Gasteiger partial charge in [0.1, 0.15) is 0 Å². The first-order chi connectivity index (χ1) is 7.22. The van der Waals surface area contributed by atoms with E-state index in [-0.39, 0.29) is 0 Å². The van der Waals surface area contributed by atoms with Gasteiger partial charge in [-0.3, -0.25) is 0 Å². The molecule has 0 heterocycles. The summed E-state index contributed by atoms with van der Waals surface area (Å²) in [5.74, 6) is 1.66. The normalized spacial score (nSPS) is 23.9. The molecular weight excluding hydrogens is 184 g/mol. The van der Waals surface area contributed by atoms with E-state index in [1.165, 1.54) is 17.7 Å². The molecule has 82 valence electrons. The fraction of sp³-hybridized carbons (Fsp3) is 0.538. The van der Waals surface area contributed by atoms with E-state index in [9.17, 15) is 0 Å². The fourth-order valence-corrected chi connectivity index (χ4v) is 2.16. The molecule has 1 aliphatic rings. The number of hydrogen-bond donors (Lipinski definition) is 1. The van der Waals surface area contributed by atoms with Crippen LogP contribution in [0.3, 0.4) is 0 Å². The summed E-state index contributed by atoms with van der Waals surface area (Å²) in [4.78, 5) is 2.14. The number of anilines is 1. The summed E-state index contributed by atoms with van der Waals surface area (Å²) in [5.41, 5.74) is 2.78. The number of rotatable bonds is 4. The van der Waals surface area contributed by atoms with Crippen molar-refractivity contribution in [2.24, 2.45) is 5.92 Å². The van der Waals surface area contributed by atoms with Crippen molar-refractivity contribution in [3.63, 3.8) is 0 Å². The third-order valence-electron chi connectivity index (χ3n) is 3.23. The lowest BCUT2D eigenvalue weighted by molar-refractivity contribution is 0.698. The van der Waals surface area contributed by atoms with E-state index in [0.29, 0.717) is 0 Å². The van der Waals surface area contributed by atoms with Crippen LogP contribution >= 0.6 is 0 Å². The van der Waals surface area contributed by atoms with Crippen molar-refractivity contribution in [2.75, 3.05) is 32.6 Å². The number of benzene rings is 1. The third-order valence-corrected chi connectivity index (χ3v) is 3.23. The van der Waals surface area contributed by atoms with Crippen molar-refractivity contribution in [1.29, 1.82) is 0 Å². The van der Waals surface area contributed by atoms with Crippen molar-refractivity contribution >= 4 is 5.69 Å². The Morgan fingerprint density at radius 2 is 1.93 bits per heavy atom. The zero-order valence-electron chi connectivity index (χ0n) is 9.83. The summed E-state index contributed by atoms with van der Waals surface area (Å²) in [5, 5.41) is 3.25. The van der Waals surface area contributed by atoms with Gasteiger partial charge < -0.3 is 10.2 Å². The van der Waals surface area contributed by atoms with E-state index in [1.54, 1.807) is 0 Å². The molecule has 0 bridgehead atoms. The summed E-state index contributed by atoms with van der Waals surface area (Å²) in [6.07, 6.45) is 1.35. The Morgan fingerprint density at radius 1 is 1.27 bits per heavy atom. The first kappa shape index (κ1) is 10.5. The summed E-state index contributed by atoms with van der Waals surface area (Å²) >= 11 is 0. The zero-order chi connectivity index (χ0) is 10.8. The molecule has 2 nitrogen and oxygen atoms in total. The van der Waals surface area contributed by atoms with Crippen molar-refractivity contribution < 1.29 is 0 Å². The Labute approximate surface area is 92.3 Å². The highest BCUT2D eigenvalue weighted by Gasteiger charge is 2.37. The highest BCUT2D eigenvalue weighted by molar-refractivity contribution is 5.47. The van der Waals surface area contributed by atoms with Crippen molar-refractivity contribution in [3.8, 4) is 0 Å². The molecule has 1 aromatic carbocycles. The molecule has 0 unspecified atom stereocenters. The first-order valence-corrected chi connectivity index (χ1v) is 5.64. The third kappa shape index (κ3) is 2.32. The van der Waals surface area contributed by atoms with Gasteiger partial charge in [-0.2, -0.15) is 0 Å². The van der Waals surface area contributed by atoms with Gasteiger partial charge in [-0.05, 0) is 49.5 Å². The van der Waals surface area contributed by atoms with E-state index < -0.39 is 0 Å². The van der Waals surface area contributed by atoms with Gasteiger partial charge in [0, 0.05) is 19.8 Å². The second kappa shape index (κ2) is 4.23. The molecule has 1 aromatic rings. The van der Waals surface area contributed by atoms with Gasteiger partial charge in [0.15, 0.2) is 0 Å². The minimum Gasteiger partial charge on any atom is -0.378 e. The second-order valence-electron chi connectivity index (χ2n) is 4.65. The van der Waals surface area contributed by atoms with Crippen LogP contribution < -0.4 is 10.2 Å². The van der Waals surface area contributed by atoms with E-state index in [4.69, 9.17) is 0 Å². The van der Waals surface area contributed by atoms with Crippen LogP contribution in [-0.4, -0.2) is 27.7 Å². The number of nitrogens with one attached hydrogen (secondary N) is 1. The average Bonchev–Trinajstić information content (AvgIpc) is 2.98. The standard InChI is InChI=1S/C13H20N2/c1-14-9-11-8-13(11)10-4-6-12(7-5-10)15(2)3/h4-7,11,13-14H,8-9H2,1-3H3/t11-,13-/m0/s1. The van der Waals surface area contributed by atoms with Crippen molar-refractivity contribution in [3.05, 3.63) is 29.8 Å². The van der Waals surface area contributed by atoms with Gasteiger partial charge in [0.2, 0.25) is 0 Å². The molecule has 1 aliphatic carbocycles. The summed E-state index contributed by atoms with van der Waals surface area (Å²) < 4.78 is 0. The molecule has 0 saturated heterocycles. The fourth-order valence-electron chi connectivity index (χ4n) is 2.16. The molecule has 1 saturated carbocycles. The molecule has 2 heteroatoms. The molecule has 1 fully saturated rings. The summed E-state index contributed by atoms with van der Waals surface area (Å²) in [7, 11) is 6.19. The average molecular weight is 204 g/mol. The van der Waals surface area contributed by atoms with Crippen LogP contribution in [0.1, 0.15) is 17.9 Å². The molecule has 2 rings (SSSR count). The summed E-state index contributed by atoms with van der Waals surface area (Å²) in [6.45, 7) is 1.15. The molecule has 0 radical (unpaired) electrons. The predicted octanol–water partition coefficient (Wildman–Crippen LogP) is 2.08. The Hall–Kier alpha value is -1.02. The monoisotopic (exact) mass is 204 g/mol. The minimum atomic E-state index is 0.800. The van der Waals surface area contributed by atoms with Crippen LogP contribution in [-0.2, 0) is 0 Å². The van der Waals surface area contributed by atoms with E-state index >= 15 is 0 Å². The lowest BCUT2D eigenvalue weighted by atomic mass is 10.1. The molecule has 0 aromatic heterocycles. The van der Waals surface area contributed by atoms with E-state index in [1.807, 2.05) is 7.05 Å². The largest absolute Gasteiger partial charge is 0.378 e. The second-order valence-corrected chi connectivity index (χ2v) is 4.65. The molecule has 0 aliphatic heterocycles. The Bertz CT molecular complexity index is 316. The maximum atomic E-state index is 3.25. The van der Waals surface area contributed by atoms with Gasteiger partial charge in [0.05, 0.1) is 0 Å². The molecule has 0 spiro atoms. The van der Waals surface area contributed by atoms with Crippen molar-refractivity contribution in [1.82, 2.24) is 5.32 Å². The Kier molecular flexibility index (Phi) is 2.96. The quantitative estimate of drug-likeness (QED) is 0.807. The molecule has 1 N–H and O–H groups in total. The van der Waals surface area contributed by atoms with Crippen LogP contribution in [0.15, 0.2) is 24.3 Å². The molecule has 15 heavy (non-hydrogen) atoms. The number of hydrogen-bond acceptors (Lipinski definition) is 2. The van der Waals surface area contributed by atoms with Crippen LogP contribution in [0.2, 0.25) is 0 Å². The predicted molar refractivity (Wildman–Crippen MR) is 65.5 cm³/mol. The lowest BCUT2D eigenvalue weighted by Crippen LogP contribution is -2.10. The Balaban J connectivity index is 2.00.